The molecule has 2 saturated carbocycles. The first-order chi connectivity index (χ1) is 12.2. The van der Waals surface area contributed by atoms with Crippen LogP contribution in [0.1, 0.15) is 69.5 Å². The minimum absolute atomic E-state index is 0.139. The summed E-state index contributed by atoms with van der Waals surface area (Å²) in [5.41, 5.74) is 0. The van der Waals surface area contributed by atoms with Gasteiger partial charge in [-0.1, -0.05) is 6.42 Å². The number of likely N-dealkylation sites (tertiary alicyclic amines) is 1. The number of carbonyl (C=O) groups is 1. The molecule has 2 aliphatic carbocycles. The van der Waals surface area contributed by atoms with Gasteiger partial charge in [-0.05, 0) is 57.3 Å². The number of piperidine rings is 1. The van der Waals surface area contributed by atoms with Crippen LogP contribution in [0.5, 0.6) is 0 Å². The average molecular weight is 345 g/mol. The smallest absolute Gasteiger partial charge is 0.225 e. The first-order valence-electron chi connectivity index (χ1n) is 10.2. The Morgan fingerprint density at radius 2 is 1.80 bits per heavy atom. The van der Waals surface area contributed by atoms with Crippen LogP contribution in [0, 0.1) is 11.8 Å². The number of imidazole rings is 1. The second-order valence-corrected chi connectivity index (χ2v) is 8.34. The van der Waals surface area contributed by atoms with E-state index in [0.717, 1.165) is 64.1 Å². The number of amides is 1. The number of aliphatic hydroxyl groups is 1. The normalized spacial score (nSPS) is 28.8. The Labute approximate surface area is 150 Å². The molecule has 5 nitrogen and oxygen atoms in total. The number of hydrogen-bond donors (Lipinski definition) is 1. The highest BCUT2D eigenvalue weighted by Crippen LogP contribution is 2.33. The van der Waals surface area contributed by atoms with E-state index in [1.54, 1.807) is 0 Å². The lowest BCUT2D eigenvalue weighted by Crippen LogP contribution is -2.43. The van der Waals surface area contributed by atoms with Gasteiger partial charge in [0.15, 0.2) is 0 Å². The summed E-state index contributed by atoms with van der Waals surface area (Å²) in [6.45, 7) is 2.84. The number of nitrogens with zero attached hydrogens (tertiary/aromatic N) is 3. The Balaban J connectivity index is 1.31. The largest absolute Gasteiger partial charge is 0.393 e. The third kappa shape index (κ3) is 3.76. The fraction of sp³-hybridized carbons (Fsp3) is 0.800. The second kappa shape index (κ2) is 7.48. The molecule has 3 fully saturated rings. The molecule has 4 rings (SSSR count). The van der Waals surface area contributed by atoms with Crippen molar-refractivity contribution in [2.75, 3.05) is 13.1 Å². The van der Waals surface area contributed by atoms with Crippen LogP contribution in [0.25, 0.3) is 0 Å². The van der Waals surface area contributed by atoms with Gasteiger partial charge in [0.1, 0.15) is 5.82 Å². The van der Waals surface area contributed by atoms with Crippen molar-refractivity contribution in [1.29, 1.82) is 0 Å². The second-order valence-electron chi connectivity index (χ2n) is 8.34. The third-order valence-corrected chi connectivity index (χ3v) is 6.65. The maximum atomic E-state index is 12.7. The molecule has 1 aromatic heterocycles. The van der Waals surface area contributed by atoms with Gasteiger partial charge in [0.25, 0.3) is 0 Å². The monoisotopic (exact) mass is 345 g/mol. The Bertz CT molecular complexity index is 580. The summed E-state index contributed by atoms with van der Waals surface area (Å²) in [7, 11) is 0. The van der Waals surface area contributed by atoms with E-state index in [-0.39, 0.29) is 12.0 Å². The van der Waals surface area contributed by atoms with Crippen molar-refractivity contribution in [3.05, 3.63) is 18.2 Å². The van der Waals surface area contributed by atoms with Gasteiger partial charge >= 0.3 is 0 Å². The van der Waals surface area contributed by atoms with Gasteiger partial charge in [-0.15, -0.1) is 0 Å². The highest BCUT2D eigenvalue weighted by atomic mass is 16.3. The van der Waals surface area contributed by atoms with Crippen LogP contribution in [-0.4, -0.2) is 44.7 Å². The van der Waals surface area contributed by atoms with E-state index >= 15 is 0 Å². The minimum atomic E-state index is -0.190. The van der Waals surface area contributed by atoms with Gasteiger partial charge in [0.05, 0.1) is 6.10 Å². The molecule has 0 atom stereocenters. The van der Waals surface area contributed by atoms with E-state index in [2.05, 4.69) is 20.6 Å². The maximum Gasteiger partial charge on any atom is 0.225 e. The molecule has 1 N–H and O–H groups in total. The van der Waals surface area contributed by atoms with Crippen LogP contribution < -0.4 is 0 Å². The summed E-state index contributed by atoms with van der Waals surface area (Å²) in [5, 5.41) is 9.64. The number of hydrogen-bond acceptors (Lipinski definition) is 3. The molecular weight excluding hydrogens is 314 g/mol. The number of aliphatic hydroxyl groups excluding tert-OH is 1. The lowest BCUT2D eigenvalue weighted by Gasteiger charge is -2.36. The van der Waals surface area contributed by atoms with E-state index in [4.69, 9.17) is 0 Å². The fourth-order valence-electron chi connectivity index (χ4n) is 4.73. The Morgan fingerprint density at radius 3 is 2.44 bits per heavy atom. The first kappa shape index (κ1) is 17.1. The lowest BCUT2D eigenvalue weighted by molar-refractivity contribution is -0.138. The number of aromatic nitrogens is 2. The maximum absolute atomic E-state index is 12.7. The lowest BCUT2D eigenvalue weighted by atomic mass is 9.85. The SMILES string of the molecule is O=C(C1CCC(O)CC1)N1CCC(c2nccn2CC2CCC2)CC1. The molecule has 138 valence electrons. The van der Waals surface area contributed by atoms with Crippen molar-refractivity contribution in [1.82, 2.24) is 14.5 Å². The van der Waals surface area contributed by atoms with Gasteiger partial charge in [-0.2, -0.15) is 0 Å². The van der Waals surface area contributed by atoms with Crippen LogP contribution in [0.15, 0.2) is 12.4 Å². The van der Waals surface area contributed by atoms with E-state index in [0.29, 0.717) is 11.8 Å². The quantitative estimate of drug-likeness (QED) is 0.913. The van der Waals surface area contributed by atoms with E-state index < -0.39 is 0 Å². The van der Waals surface area contributed by atoms with E-state index in [9.17, 15) is 9.90 Å². The molecular formula is C20H31N3O2. The van der Waals surface area contributed by atoms with Gasteiger partial charge in [0, 0.05) is 43.9 Å². The number of carbonyl (C=O) groups excluding carboxylic acids is 1. The molecule has 3 aliphatic rings. The summed E-state index contributed by atoms with van der Waals surface area (Å²) in [6.07, 6.45) is 13.3. The predicted molar refractivity (Wildman–Crippen MR) is 96.1 cm³/mol. The van der Waals surface area contributed by atoms with Crippen molar-refractivity contribution < 1.29 is 9.90 Å². The van der Waals surface area contributed by atoms with E-state index in [1.165, 1.54) is 25.1 Å². The zero-order valence-corrected chi connectivity index (χ0v) is 15.1. The standard InChI is InChI=1S/C20H31N3O2/c24-18-6-4-17(5-7-18)20(25)22-11-8-16(9-12-22)19-21-10-13-23(19)14-15-2-1-3-15/h10,13,15-18,24H,1-9,11-12,14H2. The van der Waals surface area contributed by atoms with Gasteiger partial charge < -0.3 is 14.6 Å². The highest BCUT2D eigenvalue weighted by Gasteiger charge is 2.32. The molecule has 0 unspecified atom stereocenters. The summed E-state index contributed by atoms with van der Waals surface area (Å²) < 4.78 is 2.37. The predicted octanol–water partition coefficient (Wildman–Crippen LogP) is 2.94. The molecule has 0 radical (unpaired) electrons. The van der Waals surface area contributed by atoms with Crippen molar-refractivity contribution >= 4 is 5.91 Å². The molecule has 2 heterocycles. The summed E-state index contributed by atoms with van der Waals surface area (Å²) in [6, 6.07) is 0. The van der Waals surface area contributed by atoms with Crippen LogP contribution in [0.4, 0.5) is 0 Å². The Kier molecular flexibility index (Phi) is 5.11. The third-order valence-electron chi connectivity index (χ3n) is 6.65. The molecule has 0 aromatic carbocycles. The molecule has 1 aliphatic heterocycles. The topological polar surface area (TPSA) is 58.4 Å². The zero-order chi connectivity index (χ0) is 17.2. The van der Waals surface area contributed by atoms with Crippen LogP contribution in [-0.2, 0) is 11.3 Å². The molecule has 0 bridgehead atoms. The first-order valence-corrected chi connectivity index (χ1v) is 10.2. The zero-order valence-electron chi connectivity index (χ0n) is 15.1. The average Bonchev–Trinajstić information content (AvgIpc) is 3.07. The molecule has 1 amide bonds. The molecule has 5 heteroatoms. The van der Waals surface area contributed by atoms with Crippen molar-refractivity contribution in [3.63, 3.8) is 0 Å². The Hall–Kier alpha value is -1.36. The molecule has 1 aromatic rings. The van der Waals surface area contributed by atoms with Gasteiger partial charge in [-0.25, -0.2) is 4.98 Å². The summed E-state index contributed by atoms with van der Waals surface area (Å²) in [5.74, 6) is 3.03. The van der Waals surface area contributed by atoms with Gasteiger partial charge in [-0.3, -0.25) is 4.79 Å². The van der Waals surface area contributed by atoms with E-state index in [1.807, 2.05) is 6.20 Å². The van der Waals surface area contributed by atoms with Crippen molar-refractivity contribution in [3.8, 4) is 0 Å². The molecule has 1 saturated heterocycles. The fourth-order valence-corrected chi connectivity index (χ4v) is 4.73. The van der Waals surface area contributed by atoms with Crippen LogP contribution in [0.2, 0.25) is 0 Å². The van der Waals surface area contributed by atoms with Gasteiger partial charge in [0.2, 0.25) is 5.91 Å². The highest BCUT2D eigenvalue weighted by molar-refractivity contribution is 5.79. The minimum Gasteiger partial charge on any atom is -0.393 e. The molecule has 0 spiro atoms. The summed E-state index contributed by atoms with van der Waals surface area (Å²) in [4.78, 5) is 19.5. The van der Waals surface area contributed by atoms with Crippen LogP contribution in [0.3, 0.4) is 0 Å². The number of rotatable bonds is 4. The van der Waals surface area contributed by atoms with Crippen LogP contribution >= 0.6 is 0 Å². The summed E-state index contributed by atoms with van der Waals surface area (Å²) >= 11 is 0. The Morgan fingerprint density at radius 1 is 1.08 bits per heavy atom. The van der Waals surface area contributed by atoms with Crippen molar-refractivity contribution in [2.24, 2.45) is 11.8 Å². The van der Waals surface area contributed by atoms with Crippen molar-refractivity contribution in [2.45, 2.75) is 76.4 Å². The molecule has 25 heavy (non-hydrogen) atoms.